The van der Waals surface area contributed by atoms with Crippen molar-refractivity contribution in [1.82, 2.24) is 24.8 Å². The van der Waals surface area contributed by atoms with E-state index in [1.54, 1.807) is 25.9 Å². The van der Waals surface area contributed by atoms with Gasteiger partial charge in [0.1, 0.15) is 23.8 Å². The van der Waals surface area contributed by atoms with Crippen LogP contribution in [0.15, 0.2) is 54.0 Å². The van der Waals surface area contributed by atoms with Crippen molar-refractivity contribution in [2.24, 2.45) is 10.9 Å². The number of benzene rings is 1. The zero-order valence-electron chi connectivity index (χ0n) is 20.3. The van der Waals surface area contributed by atoms with E-state index < -0.39 is 5.79 Å². The van der Waals surface area contributed by atoms with Gasteiger partial charge in [0.05, 0.1) is 41.0 Å². The summed E-state index contributed by atoms with van der Waals surface area (Å²) in [7, 11) is 1.80. The van der Waals surface area contributed by atoms with Crippen LogP contribution in [0.3, 0.4) is 0 Å². The van der Waals surface area contributed by atoms with E-state index in [1.165, 1.54) is 0 Å². The van der Waals surface area contributed by atoms with Crippen LogP contribution in [0.1, 0.15) is 26.3 Å². The van der Waals surface area contributed by atoms with Gasteiger partial charge in [0, 0.05) is 36.8 Å². The minimum absolute atomic E-state index is 0.0410. The minimum Gasteiger partial charge on any atom is -0.493 e. The molecule has 1 N–H and O–H groups in total. The molecule has 6 rings (SSSR count). The van der Waals surface area contributed by atoms with Crippen molar-refractivity contribution in [2.45, 2.75) is 44.3 Å². The van der Waals surface area contributed by atoms with E-state index in [-0.39, 0.29) is 24.2 Å². The predicted octanol–water partition coefficient (Wildman–Crippen LogP) is 4.67. The Hall–Kier alpha value is -3.27. The summed E-state index contributed by atoms with van der Waals surface area (Å²) in [6.07, 6.45) is 7.46. The second kappa shape index (κ2) is 8.99. The van der Waals surface area contributed by atoms with E-state index in [0.29, 0.717) is 17.4 Å². The molecular formula is C26H27ClN6O3. The topological polar surface area (TPSA) is 95.7 Å². The van der Waals surface area contributed by atoms with Gasteiger partial charge in [-0.3, -0.25) is 4.98 Å². The molecule has 3 aromatic heterocycles. The van der Waals surface area contributed by atoms with E-state index in [2.05, 4.69) is 29.8 Å². The van der Waals surface area contributed by atoms with E-state index >= 15 is 0 Å². The van der Waals surface area contributed by atoms with E-state index in [9.17, 15) is 0 Å². The van der Waals surface area contributed by atoms with Crippen LogP contribution >= 0.6 is 11.6 Å². The summed E-state index contributed by atoms with van der Waals surface area (Å²) < 4.78 is 21.2. The Morgan fingerprint density at radius 1 is 1.19 bits per heavy atom. The summed E-state index contributed by atoms with van der Waals surface area (Å²) in [5.41, 5.74) is 1.67. The molecule has 0 bridgehead atoms. The fraction of sp³-hybridized carbons (Fsp3) is 0.385. The molecule has 4 aromatic rings. The molecule has 1 saturated carbocycles. The third kappa shape index (κ3) is 4.17. The van der Waals surface area contributed by atoms with Crippen molar-refractivity contribution < 1.29 is 14.2 Å². The van der Waals surface area contributed by atoms with E-state index in [0.717, 1.165) is 34.1 Å². The first-order valence-electron chi connectivity index (χ1n) is 12.0. The van der Waals surface area contributed by atoms with Crippen molar-refractivity contribution in [3.8, 4) is 5.75 Å². The van der Waals surface area contributed by atoms with Crippen molar-refractivity contribution >= 4 is 45.7 Å². The molecule has 0 unspecified atom stereocenters. The SMILES string of the molecule is CN/C=N/c1ncnc2c1ccn2[C@@H]1C[C@H](COc2ccc3cc(Cl)cnc3c2)[C@H]2OC(C)(C)O[C@H]21. The standard InChI is InChI=1S/C26H27ClN6O3/c1-26(2)35-22-16(12-34-18-5-4-15-8-17(27)11-29-20(15)10-18)9-21(23(22)36-26)33-7-6-19-24(30-13-28-3)31-14-32-25(19)33/h4-8,10-11,13-14,16,21-23H,9,12H2,1-3H3,(H,28,30,31,32)/t16-,21-,22-,23+/m1/s1. The maximum absolute atomic E-state index is 6.40. The lowest BCUT2D eigenvalue weighted by molar-refractivity contribution is -0.161. The van der Waals surface area contributed by atoms with Gasteiger partial charge in [-0.25, -0.2) is 15.0 Å². The normalized spacial score (nSPS) is 25.1. The number of ether oxygens (including phenoxy) is 3. The van der Waals surface area contributed by atoms with Crippen LogP contribution in [-0.4, -0.2) is 57.5 Å². The molecule has 9 nitrogen and oxygen atoms in total. The Kier molecular flexibility index (Phi) is 5.78. The van der Waals surface area contributed by atoms with Gasteiger partial charge >= 0.3 is 0 Å². The van der Waals surface area contributed by atoms with Crippen LogP contribution in [0.25, 0.3) is 21.9 Å². The quantitative estimate of drug-likeness (QED) is 0.300. The molecule has 2 aliphatic rings. The zero-order valence-corrected chi connectivity index (χ0v) is 21.0. The molecule has 4 atom stereocenters. The van der Waals surface area contributed by atoms with Gasteiger partial charge in [-0.05, 0) is 44.5 Å². The predicted molar refractivity (Wildman–Crippen MR) is 138 cm³/mol. The van der Waals surface area contributed by atoms with Crippen LogP contribution in [0, 0.1) is 5.92 Å². The smallest absolute Gasteiger partial charge is 0.166 e. The maximum atomic E-state index is 6.40. The molecule has 186 valence electrons. The third-order valence-corrected chi connectivity index (χ3v) is 7.01. The lowest BCUT2D eigenvalue weighted by Gasteiger charge is -2.24. The summed E-state index contributed by atoms with van der Waals surface area (Å²) in [4.78, 5) is 17.7. The first kappa shape index (κ1) is 23.1. The van der Waals surface area contributed by atoms with Crippen LogP contribution in [-0.2, 0) is 9.47 Å². The summed E-state index contributed by atoms with van der Waals surface area (Å²) in [6, 6.07) is 9.80. The lowest BCUT2D eigenvalue weighted by atomic mass is 10.1. The fourth-order valence-corrected chi connectivity index (χ4v) is 5.48. The molecule has 1 aromatic carbocycles. The molecule has 2 fully saturated rings. The second-order valence-electron chi connectivity index (χ2n) is 9.65. The third-order valence-electron chi connectivity index (χ3n) is 6.80. The highest BCUT2D eigenvalue weighted by atomic mass is 35.5. The minimum atomic E-state index is -0.668. The Balaban J connectivity index is 1.27. The van der Waals surface area contributed by atoms with Gasteiger partial charge in [0.2, 0.25) is 0 Å². The Bertz CT molecular complexity index is 1450. The van der Waals surface area contributed by atoms with Gasteiger partial charge in [-0.2, -0.15) is 0 Å². The molecular weight excluding hydrogens is 480 g/mol. The van der Waals surface area contributed by atoms with E-state index in [4.69, 9.17) is 25.8 Å². The number of aromatic nitrogens is 4. The Morgan fingerprint density at radius 2 is 2.06 bits per heavy atom. The zero-order chi connectivity index (χ0) is 24.9. The number of aliphatic imine (C=N–C) groups is 1. The van der Waals surface area contributed by atoms with Gasteiger partial charge < -0.3 is 24.1 Å². The molecule has 10 heteroatoms. The van der Waals surface area contributed by atoms with Crippen molar-refractivity contribution in [3.63, 3.8) is 0 Å². The van der Waals surface area contributed by atoms with Crippen molar-refractivity contribution in [1.29, 1.82) is 0 Å². The summed E-state index contributed by atoms with van der Waals surface area (Å²) >= 11 is 6.06. The molecule has 0 radical (unpaired) electrons. The largest absolute Gasteiger partial charge is 0.493 e. The number of pyridine rings is 1. The van der Waals surface area contributed by atoms with Gasteiger partial charge in [0.15, 0.2) is 11.6 Å². The molecule has 4 heterocycles. The van der Waals surface area contributed by atoms with Gasteiger partial charge in [-0.1, -0.05) is 11.6 Å². The maximum Gasteiger partial charge on any atom is 0.166 e. The lowest BCUT2D eigenvalue weighted by Crippen LogP contribution is -2.29. The second-order valence-corrected chi connectivity index (χ2v) is 10.1. The highest BCUT2D eigenvalue weighted by Crippen LogP contribution is 2.48. The number of halogens is 1. The number of fused-ring (bicyclic) bond motifs is 3. The summed E-state index contributed by atoms with van der Waals surface area (Å²) in [5, 5.41) is 5.39. The highest BCUT2D eigenvalue weighted by molar-refractivity contribution is 6.31. The van der Waals surface area contributed by atoms with Gasteiger partial charge in [-0.15, -0.1) is 0 Å². The van der Waals surface area contributed by atoms with E-state index in [1.807, 2.05) is 50.4 Å². The van der Waals surface area contributed by atoms with Crippen molar-refractivity contribution in [2.75, 3.05) is 13.7 Å². The fourth-order valence-electron chi connectivity index (χ4n) is 5.31. The first-order chi connectivity index (χ1) is 17.4. The van der Waals surface area contributed by atoms with Crippen LogP contribution in [0.2, 0.25) is 5.02 Å². The summed E-state index contributed by atoms with van der Waals surface area (Å²) in [6.45, 7) is 4.42. The molecule has 1 saturated heterocycles. The van der Waals surface area contributed by atoms with Crippen LogP contribution in [0.4, 0.5) is 5.82 Å². The molecule has 1 aliphatic carbocycles. The van der Waals surface area contributed by atoms with Crippen molar-refractivity contribution in [3.05, 3.63) is 54.1 Å². The summed E-state index contributed by atoms with van der Waals surface area (Å²) in [5.74, 6) is 0.856. The number of nitrogens with one attached hydrogen (secondary N) is 1. The monoisotopic (exact) mass is 506 g/mol. The number of hydrogen-bond donors (Lipinski definition) is 1. The number of nitrogens with zero attached hydrogens (tertiary/aromatic N) is 5. The van der Waals surface area contributed by atoms with Crippen LogP contribution < -0.4 is 10.1 Å². The Morgan fingerprint density at radius 3 is 2.92 bits per heavy atom. The number of hydrogen-bond acceptors (Lipinski definition) is 7. The average Bonchev–Trinajstić information content (AvgIpc) is 3.52. The molecule has 1 aliphatic heterocycles. The molecule has 0 spiro atoms. The van der Waals surface area contributed by atoms with Crippen LogP contribution in [0.5, 0.6) is 5.75 Å². The number of rotatable bonds is 6. The molecule has 36 heavy (non-hydrogen) atoms. The average molecular weight is 507 g/mol. The first-order valence-corrected chi connectivity index (χ1v) is 12.3. The molecule has 0 amide bonds. The Labute approximate surface area is 213 Å². The highest BCUT2D eigenvalue weighted by Gasteiger charge is 2.55. The van der Waals surface area contributed by atoms with Gasteiger partial charge in [0.25, 0.3) is 0 Å².